The smallest absolute Gasteiger partial charge is 0.416 e. The van der Waals surface area contributed by atoms with Crippen LogP contribution >= 0.6 is 0 Å². The summed E-state index contributed by atoms with van der Waals surface area (Å²) in [5.74, 6) is 1.23. The summed E-state index contributed by atoms with van der Waals surface area (Å²) in [6, 6.07) is 24.6. The minimum absolute atomic E-state index is 0.318. The molecule has 0 unspecified atom stereocenters. The van der Waals surface area contributed by atoms with Crippen molar-refractivity contribution in [2.24, 2.45) is 0 Å². The van der Waals surface area contributed by atoms with Gasteiger partial charge in [-0.05, 0) is 47.0 Å². The lowest BCUT2D eigenvalue weighted by molar-refractivity contribution is -0.122. The normalized spacial score (nSPS) is 17.1. The molecular formula is C31H27F3N2O6. The highest BCUT2D eigenvalue weighted by atomic mass is 19.4. The van der Waals surface area contributed by atoms with Crippen LogP contribution < -0.4 is 20.7 Å². The highest BCUT2D eigenvalue weighted by Crippen LogP contribution is 2.44. The number of aromatic amines is 1. The van der Waals surface area contributed by atoms with Crippen LogP contribution in [0, 0.1) is 0 Å². The molecule has 1 aliphatic rings. The summed E-state index contributed by atoms with van der Waals surface area (Å²) in [4.78, 5) is 25.8. The second kappa shape index (κ2) is 11.7. The number of rotatable bonds is 9. The predicted molar refractivity (Wildman–Crippen MR) is 148 cm³/mol. The highest BCUT2D eigenvalue weighted by molar-refractivity contribution is 5.49. The third-order valence-electron chi connectivity index (χ3n) is 7.00. The van der Waals surface area contributed by atoms with Crippen molar-refractivity contribution in [1.29, 1.82) is 0 Å². The van der Waals surface area contributed by atoms with Gasteiger partial charge in [-0.1, -0.05) is 54.6 Å². The van der Waals surface area contributed by atoms with Crippen LogP contribution in [-0.2, 0) is 15.1 Å². The zero-order valence-electron chi connectivity index (χ0n) is 22.6. The minimum atomic E-state index is -4.81. The molecule has 0 bridgehead atoms. The van der Waals surface area contributed by atoms with Crippen LogP contribution in [0.3, 0.4) is 0 Å². The topological polar surface area (TPSA) is 91.8 Å². The number of benzene rings is 3. The molecule has 1 N–H and O–H groups in total. The molecule has 0 amide bonds. The summed E-state index contributed by atoms with van der Waals surface area (Å²) >= 11 is 0. The summed E-state index contributed by atoms with van der Waals surface area (Å²) in [6.45, 7) is -0.318. The number of hydrogen-bond acceptors (Lipinski definition) is 6. The lowest BCUT2D eigenvalue weighted by Crippen LogP contribution is -2.37. The molecule has 0 saturated heterocycles. The van der Waals surface area contributed by atoms with E-state index >= 15 is 0 Å². The number of aromatic nitrogens is 2. The molecule has 2 heterocycles. The van der Waals surface area contributed by atoms with Crippen molar-refractivity contribution in [3.63, 3.8) is 0 Å². The molecule has 0 fully saturated rings. The molecule has 11 heteroatoms. The Hall–Kier alpha value is -4.61. The summed E-state index contributed by atoms with van der Waals surface area (Å²) in [7, 11) is 3.09. The number of nitrogens with one attached hydrogen (secondary N) is 1. The van der Waals surface area contributed by atoms with E-state index in [4.69, 9.17) is 18.9 Å². The average molecular weight is 581 g/mol. The van der Waals surface area contributed by atoms with E-state index in [9.17, 15) is 22.8 Å². The Bertz CT molecular complexity index is 1620. The Morgan fingerprint density at radius 3 is 1.86 bits per heavy atom. The molecule has 218 valence electrons. The first-order valence-electron chi connectivity index (χ1n) is 12.9. The van der Waals surface area contributed by atoms with Crippen LogP contribution in [0.1, 0.15) is 22.9 Å². The molecule has 42 heavy (non-hydrogen) atoms. The highest BCUT2D eigenvalue weighted by Gasteiger charge is 2.46. The van der Waals surface area contributed by atoms with E-state index in [-0.39, 0.29) is 6.61 Å². The number of nitrogens with zero attached hydrogens (tertiary/aromatic N) is 1. The van der Waals surface area contributed by atoms with E-state index in [0.29, 0.717) is 32.8 Å². The van der Waals surface area contributed by atoms with Crippen molar-refractivity contribution >= 4 is 0 Å². The SMILES string of the molecule is COc1ccc(C(OC[C@@H]2C=C(C(F)(F)F)[C@H](n3ccc(=O)[nH]c3=O)O2)(c2ccccc2)c2ccc(OC)cc2)cc1. The van der Waals surface area contributed by atoms with Gasteiger partial charge in [0.1, 0.15) is 23.2 Å². The van der Waals surface area contributed by atoms with Crippen molar-refractivity contribution in [2.75, 3.05) is 20.8 Å². The van der Waals surface area contributed by atoms with Crippen LogP contribution in [-0.4, -0.2) is 42.7 Å². The molecule has 1 aliphatic heterocycles. The number of ether oxygens (including phenoxy) is 4. The minimum Gasteiger partial charge on any atom is -0.497 e. The molecule has 2 atom stereocenters. The fraction of sp³-hybridized carbons (Fsp3) is 0.226. The molecule has 3 aromatic carbocycles. The fourth-order valence-corrected chi connectivity index (χ4v) is 4.99. The van der Waals surface area contributed by atoms with Crippen molar-refractivity contribution in [1.82, 2.24) is 9.55 Å². The Morgan fingerprint density at radius 1 is 0.810 bits per heavy atom. The first-order chi connectivity index (χ1) is 20.2. The molecule has 0 aliphatic carbocycles. The maximum absolute atomic E-state index is 14.1. The number of alkyl halides is 3. The van der Waals surface area contributed by atoms with E-state index in [1.165, 1.54) is 0 Å². The molecule has 1 aromatic heterocycles. The van der Waals surface area contributed by atoms with Gasteiger partial charge < -0.3 is 18.9 Å². The van der Waals surface area contributed by atoms with Crippen LogP contribution in [0.2, 0.25) is 0 Å². The Morgan fingerprint density at radius 2 is 1.36 bits per heavy atom. The first-order valence-corrected chi connectivity index (χ1v) is 12.9. The van der Waals surface area contributed by atoms with Crippen molar-refractivity contribution in [3.05, 3.63) is 140 Å². The fourth-order valence-electron chi connectivity index (χ4n) is 4.99. The first kappa shape index (κ1) is 28.9. The summed E-state index contributed by atoms with van der Waals surface area (Å²) in [6.07, 6.45) is -5.93. The van der Waals surface area contributed by atoms with Gasteiger partial charge in [-0.15, -0.1) is 0 Å². The maximum Gasteiger partial charge on any atom is 0.416 e. The quantitative estimate of drug-likeness (QED) is 0.223. The Kier molecular flexibility index (Phi) is 8.06. The standard InChI is InChI=1S/C31H27F3N2O6/c1-39-23-12-8-21(9-13-23)30(20-6-4-3-5-7-20,22-10-14-24(40-2)15-11-22)41-19-25-18-26(31(32,33)34)28(42-25)36-17-16-27(37)35-29(36)38/h3-18,25,28H,19H2,1-2H3,(H,35,37,38)/t25-,28+/m0/s1. The van der Waals surface area contributed by atoms with Crippen molar-refractivity contribution in [3.8, 4) is 11.5 Å². The van der Waals surface area contributed by atoms with Crippen LogP contribution in [0.15, 0.2) is 112 Å². The predicted octanol–water partition coefficient (Wildman–Crippen LogP) is 4.95. The molecule has 4 aromatic rings. The number of halogens is 3. The summed E-state index contributed by atoms with van der Waals surface area (Å²) in [5, 5.41) is 0. The van der Waals surface area contributed by atoms with Gasteiger partial charge in [0.15, 0.2) is 6.23 Å². The van der Waals surface area contributed by atoms with E-state index in [1.807, 2.05) is 59.6 Å². The van der Waals surface area contributed by atoms with Crippen LogP contribution in [0.5, 0.6) is 11.5 Å². The number of H-pyrrole nitrogens is 1. The second-order valence-corrected chi connectivity index (χ2v) is 9.48. The second-order valence-electron chi connectivity index (χ2n) is 9.48. The summed E-state index contributed by atoms with van der Waals surface area (Å²) < 4.78 is 66.0. The van der Waals surface area contributed by atoms with Gasteiger partial charge in [0.05, 0.1) is 26.4 Å². The van der Waals surface area contributed by atoms with Gasteiger partial charge in [0, 0.05) is 12.3 Å². The van der Waals surface area contributed by atoms with Crippen molar-refractivity contribution < 1.29 is 32.1 Å². The van der Waals surface area contributed by atoms with E-state index < -0.39 is 40.9 Å². The molecule has 0 saturated carbocycles. The van der Waals surface area contributed by atoms with Gasteiger partial charge in [0.2, 0.25) is 0 Å². The van der Waals surface area contributed by atoms with Crippen molar-refractivity contribution in [2.45, 2.75) is 24.1 Å². The lowest BCUT2D eigenvalue weighted by Gasteiger charge is -2.36. The molecular weight excluding hydrogens is 553 g/mol. The largest absolute Gasteiger partial charge is 0.497 e. The monoisotopic (exact) mass is 580 g/mol. The van der Waals surface area contributed by atoms with E-state index in [0.717, 1.165) is 18.3 Å². The van der Waals surface area contributed by atoms with Gasteiger partial charge in [-0.2, -0.15) is 13.2 Å². The molecule has 0 radical (unpaired) electrons. The lowest BCUT2D eigenvalue weighted by atomic mass is 9.80. The molecule has 5 rings (SSSR count). The number of methoxy groups -OCH3 is 2. The zero-order chi connectivity index (χ0) is 29.9. The van der Waals surface area contributed by atoms with Gasteiger partial charge in [0.25, 0.3) is 5.56 Å². The van der Waals surface area contributed by atoms with Gasteiger partial charge in [-0.3, -0.25) is 14.3 Å². The van der Waals surface area contributed by atoms with E-state index in [1.54, 1.807) is 38.5 Å². The van der Waals surface area contributed by atoms with E-state index in [2.05, 4.69) is 0 Å². The molecule has 0 spiro atoms. The third-order valence-corrected chi connectivity index (χ3v) is 7.00. The average Bonchev–Trinajstić information content (AvgIpc) is 3.43. The number of hydrogen-bond donors (Lipinski definition) is 1. The van der Waals surface area contributed by atoms with Gasteiger partial charge >= 0.3 is 11.9 Å². The zero-order valence-corrected chi connectivity index (χ0v) is 22.6. The van der Waals surface area contributed by atoms with Crippen LogP contribution in [0.4, 0.5) is 13.2 Å². The Labute approximate surface area is 238 Å². The van der Waals surface area contributed by atoms with Crippen LogP contribution in [0.25, 0.3) is 0 Å². The summed E-state index contributed by atoms with van der Waals surface area (Å²) in [5.41, 5.74) is -2.05. The molecule has 8 nitrogen and oxygen atoms in total. The Balaban J connectivity index is 1.59. The van der Waals surface area contributed by atoms with Gasteiger partial charge in [-0.25, -0.2) is 4.79 Å². The maximum atomic E-state index is 14.1. The third kappa shape index (κ3) is 5.61.